The molecule has 0 radical (unpaired) electrons. The molecule has 0 aliphatic rings. The van der Waals surface area contributed by atoms with Gasteiger partial charge < -0.3 is 0 Å². The number of hydrogen-bond acceptors (Lipinski definition) is 0. The van der Waals surface area contributed by atoms with Crippen molar-refractivity contribution in [2.75, 3.05) is 0 Å². The molecule has 1 heteroatoms. The van der Waals surface area contributed by atoms with Crippen LogP contribution in [0.5, 0.6) is 0 Å². The fraction of sp³-hybridized carbons (Fsp3) is 0.417. The normalized spacial score (nSPS) is 10.2. The minimum atomic E-state index is -1.19. The maximum atomic E-state index is 3.26. The Morgan fingerprint density at radius 1 is 1.15 bits per heavy atom. The molecular weight excluding hydrogens is 172 g/mol. The highest BCUT2D eigenvalue weighted by atomic mass is 28.3. The van der Waals surface area contributed by atoms with Gasteiger partial charge in [0.25, 0.3) is 0 Å². The molecule has 0 aromatic carbocycles. The molecule has 0 aliphatic carbocycles. The molecule has 0 nitrogen and oxygen atoms in total. The summed E-state index contributed by atoms with van der Waals surface area (Å²) in [5.41, 5.74) is 7.53. The summed E-state index contributed by atoms with van der Waals surface area (Å²) >= 11 is 0. The molecule has 70 valence electrons. The fourth-order valence-corrected chi connectivity index (χ4v) is 1.09. The minimum absolute atomic E-state index is 1.18. The second-order valence-electron chi connectivity index (χ2n) is 4.19. The van der Waals surface area contributed by atoms with Crippen LogP contribution in [-0.4, -0.2) is 8.07 Å². The van der Waals surface area contributed by atoms with Gasteiger partial charge in [-0.2, -0.15) is 0 Å². The lowest BCUT2D eigenvalue weighted by Gasteiger charge is -2.01. The first-order valence-corrected chi connectivity index (χ1v) is 7.99. The van der Waals surface area contributed by atoms with Gasteiger partial charge in [0.2, 0.25) is 0 Å². The first kappa shape index (κ1) is 12.0. The van der Waals surface area contributed by atoms with E-state index in [4.69, 9.17) is 0 Å². The molecule has 0 aromatic rings. The van der Waals surface area contributed by atoms with Crippen LogP contribution >= 0.6 is 0 Å². The van der Waals surface area contributed by atoms with Crippen molar-refractivity contribution in [2.45, 2.75) is 33.5 Å². The van der Waals surface area contributed by atoms with Gasteiger partial charge >= 0.3 is 0 Å². The third-order valence-electron chi connectivity index (χ3n) is 1.09. The zero-order chi connectivity index (χ0) is 10.3. The molecular formula is C12H18Si. The molecule has 0 heterocycles. The Bertz CT molecular complexity index is 292. The molecule has 0 unspecified atom stereocenters. The van der Waals surface area contributed by atoms with Crippen LogP contribution in [-0.2, 0) is 0 Å². The van der Waals surface area contributed by atoms with Crippen LogP contribution in [0.3, 0.4) is 0 Å². The Labute approximate surface area is 83.1 Å². The molecule has 13 heavy (non-hydrogen) atoms. The summed E-state index contributed by atoms with van der Waals surface area (Å²) in [5.74, 6) is 3.05. The molecule has 0 aromatic heterocycles. The van der Waals surface area contributed by atoms with Crippen LogP contribution in [0.2, 0.25) is 19.6 Å². The van der Waals surface area contributed by atoms with Gasteiger partial charge in [-0.1, -0.05) is 25.6 Å². The van der Waals surface area contributed by atoms with Gasteiger partial charge in [0, 0.05) is 0 Å². The quantitative estimate of drug-likeness (QED) is 0.257. The van der Waals surface area contributed by atoms with E-state index in [1.165, 1.54) is 5.57 Å². The van der Waals surface area contributed by atoms with Crippen molar-refractivity contribution in [1.29, 1.82) is 0 Å². The van der Waals surface area contributed by atoms with Gasteiger partial charge in [-0.3, -0.25) is 0 Å². The Morgan fingerprint density at radius 3 is 2.23 bits per heavy atom. The van der Waals surface area contributed by atoms with E-state index in [0.29, 0.717) is 0 Å². The summed E-state index contributed by atoms with van der Waals surface area (Å²) in [6.45, 7) is 10.8. The highest BCUT2D eigenvalue weighted by molar-refractivity contribution is 6.83. The average molecular weight is 190 g/mol. The summed E-state index contributed by atoms with van der Waals surface area (Å²) in [5, 5.41) is 0. The van der Waals surface area contributed by atoms with Crippen LogP contribution in [0.25, 0.3) is 0 Å². The molecule has 0 spiro atoms. The predicted octanol–water partition coefficient (Wildman–Crippen LogP) is 3.54. The van der Waals surface area contributed by atoms with Crippen LogP contribution < -0.4 is 0 Å². The maximum Gasteiger partial charge on any atom is 0.129 e. The van der Waals surface area contributed by atoms with Crippen molar-refractivity contribution in [3.63, 3.8) is 0 Å². The Morgan fingerprint density at radius 2 is 1.77 bits per heavy atom. The smallest absolute Gasteiger partial charge is 0.127 e. The van der Waals surface area contributed by atoms with Gasteiger partial charge in [0.15, 0.2) is 0 Å². The van der Waals surface area contributed by atoms with Crippen LogP contribution in [0.4, 0.5) is 0 Å². The topological polar surface area (TPSA) is 0 Å². The Kier molecular flexibility index (Phi) is 5.22. The zero-order valence-electron chi connectivity index (χ0n) is 9.23. The Balaban J connectivity index is 4.17. The van der Waals surface area contributed by atoms with Crippen LogP contribution in [0.1, 0.15) is 13.8 Å². The summed E-state index contributed by atoms with van der Waals surface area (Å²) in [4.78, 5) is 0. The lowest BCUT2D eigenvalue weighted by atomic mass is 10.3. The highest BCUT2D eigenvalue weighted by Crippen LogP contribution is 1.95. The van der Waals surface area contributed by atoms with E-state index in [0.717, 1.165) is 0 Å². The third kappa shape index (κ3) is 11.0. The largest absolute Gasteiger partial charge is 0.129 e. The van der Waals surface area contributed by atoms with Gasteiger partial charge in [-0.05, 0) is 37.6 Å². The van der Waals surface area contributed by atoms with Crippen molar-refractivity contribution < 1.29 is 0 Å². The lowest BCUT2D eigenvalue weighted by molar-refractivity contribution is 1.41. The van der Waals surface area contributed by atoms with Gasteiger partial charge in [0.1, 0.15) is 8.07 Å². The molecule has 0 bridgehead atoms. The molecule has 0 aliphatic heterocycles. The fourth-order valence-electron chi connectivity index (χ4n) is 0.569. The van der Waals surface area contributed by atoms with Gasteiger partial charge in [-0.15, -0.1) is 11.3 Å². The van der Waals surface area contributed by atoms with Gasteiger partial charge in [0.05, 0.1) is 0 Å². The van der Waals surface area contributed by atoms with Crippen molar-refractivity contribution in [2.24, 2.45) is 0 Å². The van der Waals surface area contributed by atoms with Crippen molar-refractivity contribution in [3.05, 3.63) is 29.5 Å². The molecule has 0 saturated heterocycles. The first-order valence-electron chi connectivity index (χ1n) is 4.49. The third-order valence-corrected chi connectivity index (χ3v) is 1.99. The molecule has 0 amide bonds. The molecule has 0 saturated carbocycles. The standard InChI is InChI=1S/C12H18Si/c1-12(2)10-8-6-7-9-11-13(3,4)5/h6-8H,1-5H3/b7-6-. The summed E-state index contributed by atoms with van der Waals surface area (Å²) in [6.07, 6.45) is 5.71. The summed E-state index contributed by atoms with van der Waals surface area (Å²) in [6, 6.07) is 0. The summed E-state index contributed by atoms with van der Waals surface area (Å²) < 4.78 is 0. The van der Waals surface area contributed by atoms with E-state index in [1.54, 1.807) is 0 Å². The van der Waals surface area contributed by atoms with E-state index in [-0.39, 0.29) is 0 Å². The molecule has 0 rings (SSSR count). The zero-order valence-corrected chi connectivity index (χ0v) is 10.2. The minimum Gasteiger partial charge on any atom is -0.127 e. The van der Waals surface area contributed by atoms with Crippen LogP contribution in [0.15, 0.2) is 29.5 Å². The van der Waals surface area contributed by atoms with Crippen molar-refractivity contribution in [1.82, 2.24) is 0 Å². The van der Waals surface area contributed by atoms with Gasteiger partial charge in [-0.25, -0.2) is 0 Å². The predicted molar refractivity (Wildman–Crippen MR) is 63.2 cm³/mol. The first-order chi connectivity index (χ1) is 5.92. The molecule has 0 N–H and O–H groups in total. The summed E-state index contributed by atoms with van der Waals surface area (Å²) in [7, 11) is -1.19. The second-order valence-corrected chi connectivity index (χ2v) is 8.94. The van der Waals surface area contributed by atoms with E-state index < -0.39 is 8.07 Å². The van der Waals surface area contributed by atoms with E-state index >= 15 is 0 Å². The average Bonchev–Trinajstić information content (AvgIpc) is 1.93. The van der Waals surface area contributed by atoms with Crippen molar-refractivity contribution in [3.8, 4) is 11.5 Å². The molecule has 0 fully saturated rings. The van der Waals surface area contributed by atoms with Crippen molar-refractivity contribution >= 4 is 8.07 Å². The molecule has 0 atom stereocenters. The van der Waals surface area contributed by atoms with E-state index in [9.17, 15) is 0 Å². The number of allylic oxidation sites excluding steroid dienone is 3. The Hall–Kier alpha value is -0.963. The van der Waals surface area contributed by atoms with Crippen LogP contribution in [0, 0.1) is 11.5 Å². The number of hydrogen-bond donors (Lipinski definition) is 0. The lowest BCUT2D eigenvalue weighted by Crippen LogP contribution is -2.16. The maximum absolute atomic E-state index is 3.26. The van der Waals surface area contributed by atoms with E-state index in [2.05, 4.69) is 36.8 Å². The number of rotatable bonds is 1. The van der Waals surface area contributed by atoms with E-state index in [1.807, 2.05) is 32.1 Å². The SMILES string of the molecule is CC(C)=C=C/C=C\C#C[Si](C)(C)C. The second kappa shape index (κ2) is 5.64. The monoisotopic (exact) mass is 190 g/mol. The highest BCUT2D eigenvalue weighted by Gasteiger charge is 2.06.